The molecule has 2 N–H and O–H groups in total. The Labute approximate surface area is 114 Å². The van der Waals surface area contributed by atoms with Crippen molar-refractivity contribution in [3.05, 3.63) is 29.8 Å². The van der Waals surface area contributed by atoms with Crippen molar-refractivity contribution in [3.8, 4) is 5.75 Å². The molecule has 0 aromatic heterocycles. The molecule has 0 spiro atoms. The SMILES string of the molecule is CC(C)[C@@H](NC(=O)c1ccccc1OC(F)F)C(=O)O. The van der Waals surface area contributed by atoms with E-state index in [1.165, 1.54) is 24.3 Å². The molecular formula is C13H15F2NO4. The van der Waals surface area contributed by atoms with Gasteiger partial charge in [0.05, 0.1) is 5.56 Å². The zero-order valence-electron chi connectivity index (χ0n) is 11.0. The maximum Gasteiger partial charge on any atom is 0.387 e. The van der Waals surface area contributed by atoms with Gasteiger partial charge in [-0.3, -0.25) is 4.79 Å². The number of carboxylic acid groups (broad SMARTS) is 1. The number of para-hydroxylation sites is 1. The number of nitrogens with one attached hydrogen (secondary N) is 1. The number of benzene rings is 1. The molecule has 1 aromatic rings. The monoisotopic (exact) mass is 287 g/mol. The molecule has 0 saturated carbocycles. The largest absolute Gasteiger partial charge is 0.480 e. The summed E-state index contributed by atoms with van der Waals surface area (Å²) in [6, 6.07) is 4.30. The number of carbonyl (C=O) groups excluding carboxylic acids is 1. The Morgan fingerprint density at radius 3 is 2.35 bits per heavy atom. The van der Waals surface area contributed by atoms with E-state index in [-0.39, 0.29) is 17.2 Å². The molecule has 1 aromatic carbocycles. The summed E-state index contributed by atoms with van der Waals surface area (Å²) in [5.41, 5.74) is -0.139. The third-order valence-corrected chi connectivity index (χ3v) is 2.57. The molecule has 0 heterocycles. The van der Waals surface area contributed by atoms with Crippen molar-refractivity contribution in [1.29, 1.82) is 0 Å². The topological polar surface area (TPSA) is 75.6 Å². The number of halogens is 2. The molecule has 1 rings (SSSR count). The molecule has 0 fully saturated rings. The van der Waals surface area contributed by atoms with Gasteiger partial charge in [0, 0.05) is 0 Å². The number of carbonyl (C=O) groups is 2. The normalized spacial score (nSPS) is 12.3. The minimum absolute atomic E-state index is 0.139. The predicted molar refractivity (Wildman–Crippen MR) is 66.8 cm³/mol. The highest BCUT2D eigenvalue weighted by Crippen LogP contribution is 2.20. The van der Waals surface area contributed by atoms with E-state index < -0.39 is 24.5 Å². The van der Waals surface area contributed by atoms with E-state index in [4.69, 9.17) is 5.11 Å². The van der Waals surface area contributed by atoms with Crippen molar-refractivity contribution >= 4 is 11.9 Å². The molecular weight excluding hydrogens is 272 g/mol. The van der Waals surface area contributed by atoms with E-state index in [1.54, 1.807) is 13.8 Å². The highest BCUT2D eigenvalue weighted by Gasteiger charge is 2.25. The molecule has 110 valence electrons. The zero-order valence-corrected chi connectivity index (χ0v) is 11.0. The van der Waals surface area contributed by atoms with Gasteiger partial charge in [0.2, 0.25) is 0 Å². The highest BCUT2D eigenvalue weighted by molar-refractivity contribution is 5.98. The fourth-order valence-electron chi connectivity index (χ4n) is 1.59. The van der Waals surface area contributed by atoms with Crippen molar-refractivity contribution in [3.63, 3.8) is 0 Å². The number of carboxylic acids is 1. The summed E-state index contributed by atoms with van der Waals surface area (Å²) in [5.74, 6) is -2.62. The van der Waals surface area contributed by atoms with Crippen LogP contribution >= 0.6 is 0 Å². The van der Waals surface area contributed by atoms with Gasteiger partial charge in [0.25, 0.3) is 5.91 Å². The molecule has 0 aliphatic rings. The maximum atomic E-state index is 12.2. The smallest absolute Gasteiger partial charge is 0.387 e. The molecule has 0 aliphatic heterocycles. The molecule has 0 saturated heterocycles. The first-order valence-corrected chi connectivity index (χ1v) is 5.90. The van der Waals surface area contributed by atoms with Crippen molar-refractivity contribution < 1.29 is 28.2 Å². The lowest BCUT2D eigenvalue weighted by Gasteiger charge is -2.18. The lowest BCUT2D eigenvalue weighted by molar-refractivity contribution is -0.140. The van der Waals surface area contributed by atoms with Gasteiger partial charge in [-0.1, -0.05) is 26.0 Å². The number of hydrogen-bond acceptors (Lipinski definition) is 3. The minimum Gasteiger partial charge on any atom is -0.480 e. The van der Waals surface area contributed by atoms with Crippen molar-refractivity contribution in [2.45, 2.75) is 26.5 Å². The predicted octanol–water partition coefficient (Wildman–Crippen LogP) is 2.13. The summed E-state index contributed by atoms with van der Waals surface area (Å²) in [6.07, 6.45) is 0. The molecule has 7 heteroatoms. The van der Waals surface area contributed by atoms with E-state index in [0.717, 1.165) is 0 Å². The van der Waals surface area contributed by atoms with Crippen LogP contribution in [0.2, 0.25) is 0 Å². The van der Waals surface area contributed by atoms with Gasteiger partial charge in [-0.05, 0) is 18.1 Å². The maximum absolute atomic E-state index is 12.2. The Morgan fingerprint density at radius 2 is 1.85 bits per heavy atom. The van der Waals surface area contributed by atoms with Crippen molar-refractivity contribution in [1.82, 2.24) is 5.32 Å². The zero-order chi connectivity index (χ0) is 15.3. The molecule has 0 aliphatic carbocycles. The first kappa shape index (κ1) is 15.9. The molecule has 20 heavy (non-hydrogen) atoms. The average molecular weight is 287 g/mol. The second-order valence-electron chi connectivity index (χ2n) is 4.41. The van der Waals surface area contributed by atoms with Gasteiger partial charge in [-0.25, -0.2) is 4.79 Å². The van der Waals surface area contributed by atoms with Crippen LogP contribution in [-0.2, 0) is 4.79 Å². The van der Waals surface area contributed by atoms with E-state index >= 15 is 0 Å². The van der Waals surface area contributed by atoms with Crippen LogP contribution in [0.3, 0.4) is 0 Å². The first-order chi connectivity index (χ1) is 9.32. The Bertz CT molecular complexity index is 491. The number of amides is 1. The summed E-state index contributed by atoms with van der Waals surface area (Å²) in [7, 11) is 0. The van der Waals surface area contributed by atoms with Gasteiger partial charge in [0.1, 0.15) is 11.8 Å². The van der Waals surface area contributed by atoms with E-state index in [1.807, 2.05) is 0 Å². The summed E-state index contributed by atoms with van der Waals surface area (Å²) in [6.45, 7) is 0.186. The van der Waals surface area contributed by atoms with E-state index in [9.17, 15) is 18.4 Å². The molecule has 0 bridgehead atoms. The molecule has 0 radical (unpaired) electrons. The standard InChI is InChI=1S/C13H15F2NO4/c1-7(2)10(12(18)19)16-11(17)8-5-3-4-6-9(8)20-13(14)15/h3-7,10,13H,1-2H3,(H,16,17)(H,18,19)/t10-/m1/s1. The number of ether oxygens (including phenoxy) is 1. The Morgan fingerprint density at radius 1 is 1.25 bits per heavy atom. The Balaban J connectivity index is 2.94. The summed E-state index contributed by atoms with van der Waals surface area (Å²) in [4.78, 5) is 23.0. The lowest BCUT2D eigenvalue weighted by Crippen LogP contribution is -2.44. The number of alkyl halides is 2. The van der Waals surface area contributed by atoms with Crippen LogP contribution in [0, 0.1) is 5.92 Å². The van der Waals surface area contributed by atoms with Crippen LogP contribution in [0.4, 0.5) is 8.78 Å². The highest BCUT2D eigenvalue weighted by atomic mass is 19.3. The van der Waals surface area contributed by atoms with E-state index in [2.05, 4.69) is 10.1 Å². The van der Waals surface area contributed by atoms with Gasteiger partial charge >= 0.3 is 12.6 Å². The van der Waals surface area contributed by atoms with Crippen LogP contribution in [0.5, 0.6) is 5.75 Å². The van der Waals surface area contributed by atoms with Gasteiger partial charge in [-0.2, -0.15) is 8.78 Å². The third kappa shape index (κ3) is 4.18. The second kappa shape index (κ2) is 6.83. The number of hydrogen-bond donors (Lipinski definition) is 2. The number of rotatable bonds is 6. The van der Waals surface area contributed by atoms with Crippen LogP contribution < -0.4 is 10.1 Å². The summed E-state index contributed by atoms with van der Waals surface area (Å²) in [5, 5.41) is 11.3. The van der Waals surface area contributed by atoms with Crippen molar-refractivity contribution in [2.75, 3.05) is 0 Å². The summed E-state index contributed by atoms with van der Waals surface area (Å²) >= 11 is 0. The summed E-state index contributed by atoms with van der Waals surface area (Å²) < 4.78 is 28.7. The van der Waals surface area contributed by atoms with Gasteiger partial charge in [-0.15, -0.1) is 0 Å². The fourth-order valence-corrected chi connectivity index (χ4v) is 1.59. The third-order valence-electron chi connectivity index (χ3n) is 2.57. The quantitative estimate of drug-likeness (QED) is 0.840. The average Bonchev–Trinajstić information content (AvgIpc) is 2.34. The van der Waals surface area contributed by atoms with Gasteiger partial charge in [0.15, 0.2) is 0 Å². The minimum atomic E-state index is -3.07. The molecule has 1 atom stereocenters. The Kier molecular flexibility index (Phi) is 5.42. The molecule has 5 nitrogen and oxygen atoms in total. The first-order valence-electron chi connectivity index (χ1n) is 5.90. The van der Waals surface area contributed by atoms with Crippen molar-refractivity contribution in [2.24, 2.45) is 5.92 Å². The van der Waals surface area contributed by atoms with Crippen LogP contribution in [0.15, 0.2) is 24.3 Å². The van der Waals surface area contributed by atoms with Crippen LogP contribution in [0.25, 0.3) is 0 Å². The van der Waals surface area contributed by atoms with Gasteiger partial charge < -0.3 is 15.2 Å². The van der Waals surface area contributed by atoms with Crippen LogP contribution in [-0.4, -0.2) is 29.6 Å². The Hall–Kier alpha value is -2.18. The van der Waals surface area contributed by atoms with Crippen LogP contribution in [0.1, 0.15) is 24.2 Å². The lowest BCUT2D eigenvalue weighted by atomic mass is 10.0. The van der Waals surface area contributed by atoms with E-state index in [0.29, 0.717) is 0 Å². The molecule has 0 unspecified atom stereocenters. The fraction of sp³-hybridized carbons (Fsp3) is 0.385. The molecule has 1 amide bonds. The number of aliphatic carboxylic acids is 1. The second-order valence-corrected chi connectivity index (χ2v) is 4.41.